The van der Waals surface area contributed by atoms with Gasteiger partial charge in [0.25, 0.3) is 0 Å². The van der Waals surface area contributed by atoms with Crippen molar-refractivity contribution in [2.45, 2.75) is 19.5 Å². The Labute approximate surface area is 116 Å². The van der Waals surface area contributed by atoms with Gasteiger partial charge in [-0.2, -0.15) is 5.10 Å². The monoisotopic (exact) mass is 277 g/mol. The molecule has 1 atom stereocenters. The molecule has 2 rings (SSSR count). The maximum absolute atomic E-state index is 13.2. The molecule has 1 aromatic heterocycles. The lowest BCUT2D eigenvalue weighted by molar-refractivity contribution is 0.0695. The van der Waals surface area contributed by atoms with E-state index in [9.17, 15) is 9.18 Å². The van der Waals surface area contributed by atoms with Crippen LogP contribution in [-0.4, -0.2) is 20.9 Å². The van der Waals surface area contributed by atoms with Gasteiger partial charge < -0.3 is 10.4 Å². The van der Waals surface area contributed by atoms with E-state index in [4.69, 9.17) is 5.11 Å². The Morgan fingerprint density at radius 2 is 2.30 bits per heavy atom. The van der Waals surface area contributed by atoms with Crippen molar-refractivity contribution in [1.82, 2.24) is 15.1 Å². The van der Waals surface area contributed by atoms with E-state index in [0.29, 0.717) is 12.2 Å². The number of carbonyl (C=O) groups is 1. The van der Waals surface area contributed by atoms with Crippen molar-refractivity contribution >= 4 is 5.97 Å². The number of nitrogens with zero attached hydrogens (tertiary/aromatic N) is 2. The summed E-state index contributed by atoms with van der Waals surface area (Å²) in [6.07, 6.45) is 1.33. The van der Waals surface area contributed by atoms with E-state index in [2.05, 4.69) is 10.4 Å². The van der Waals surface area contributed by atoms with Gasteiger partial charge in [0.2, 0.25) is 0 Å². The number of aryl methyl sites for hydroxylation is 1. The molecule has 0 aliphatic heterocycles. The number of aromatic carboxylic acids is 1. The van der Waals surface area contributed by atoms with Crippen LogP contribution in [0.5, 0.6) is 0 Å². The van der Waals surface area contributed by atoms with E-state index in [1.807, 2.05) is 13.0 Å². The summed E-state index contributed by atoms with van der Waals surface area (Å²) in [7, 11) is 1.69. The predicted molar refractivity (Wildman–Crippen MR) is 71.8 cm³/mol. The molecule has 1 heterocycles. The second-order valence-electron chi connectivity index (χ2n) is 4.59. The fourth-order valence-corrected chi connectivity index (χ4v) is 1.99. The average Bonchev–Trinajstić information content (AvgIpc) is 2.77. The Morgan fingerprint density at radius 1 is 1.55 bits per heavy atom. The fourth-order valence-electron chi connectivity index (χ4n) is 1.99. The molecule has 0 aliphatic carbocycles. The third kappa shape index (κ3) is 3.03. The lowest BCUT2D eigenvalue weighted by Gasteiger charge is -2.15. The number of carboxylic acids is 1. The first kappa shape index (κ1) is 14.2. The van der Waals surface area contributed by atoms with Crippen LogP contribution >= 0.6 is 0 Å². The summed E-state index contributed by atoms with van der Waals surface area (Å²) < 4.78 is 14.7. The molecule has 0 spiro atoms. The van der Waals surface area contributed by atoms with Gasteiger partial charge in [-0.15, -0.1) is 0 Å². The van der Waals surface area contributed by atoms with Gasteiger partial charge in [-0.1, -0.05) is 12.1 Å². The third-order valence-corrected chi connectivity index (χ3v) is 3.22. The standard InChI is InChI=1S/C14H16FN3O2/c1-9(10-4-3-5-11(15)6-10)16-8-13-12(14(19)20)7-17-18(13)2/h3-7,9,16H,8H2,1-2H3,(H,19,20)/t9-/m0/s1. The average molecular weight is 277 g/mol. The van der Waals surface area contributed by atoms with Gasteiger partial charge in [0.15, 0.2) is 0 Å². The minimum Gasteiger partial charge on any atom is -0.478 e. The Hall–Kier alpha value is -2.21. The molecule has 0 saturated heterocycles. The first-order valence-corrected chi connectivity index (χ1v) is 6.22. The normalized spacial score (nSPS) is 12.3. The predicted octanol–water partition coefficient (Wildman–Crippen LogP) is 2.11. The molecule has 0 aliphatic rings. The quantitative estimate of drug-likeness (QED) is 0.878. The molecule has 2 aromatic rings. The summed E-state index contributed by atoms with van der Waals surface area (Å²) in [5, 5.41) is 16.2. The van der Waals surface area contributed by atoms with Crippen LogP contribution in [-0.2, 0) is 13.6 Å². The molecule has 0 radical (unpaired) electrons. The topological polar surface area (TPSA) is 67.2 Å². The van der Waals surface area contributed by atoms with Gasteiger partial charge in [0.1, 0.15) is 11.4 Å². The largest absolute Gasteiger partial charge is 0.478 e. The minimum absolute atomic E-state index is 0.0951. The number of benzene rings is 1. The molecular weight excluding hydrogens is 261 g/mol. The maximum Gasteiger partial charge on any atom is 0.339 e. The summed E-state index contributed by atoms with van der Waals surface area (Å²) in [6.45, 7) is 2.24. The third-order valence-electron chi connectivity index (χ3n) is 3.22. The zero-order valence-corrected chi connectivity index (χ0v) is 11.3. The fraction of sp³-hybridized carbons (Fsp3) is 0.286. The van der Waals surface area contributed by atoms with Crippen molar-refractivity contribution in [3.8, 4) is 0 Å². The van der Waals surface area contributed by atoms with Crippen LogP contribution in [0.15, 0.2) is 30.5 Å². The highest BCUT2D eigenvalue weighted by Crippen LogP contribution is 2.15. The smallest absolute Gasteiger partial charge is 0.339 e. The van der Waals surface area contributed by atoms with E-state index < -0.39 is 5.97 Å². The molecule has 1 aromatic carbocycles. The second-order valence-corrected chi connectivity index (χ2v) is 4.59. The van der Waals surface area contributed by atoms with E-state index in [1.165, 1.54) is 23.0 Å². The van der Waals surface area contributed by atoms with Gasteiger partial charge in [-0.3, -0.25) is 4.68 Å². The molecule has 5 nitrogen and oxygen atoms in total. The lowest BCUT2D eigenvalue weighted by Crippen LogP contribution is -2.21. The molecule has 0 amide bonds. The summed E-state index contributed by atoms with van der Waals surface area (Å²) in [4.78, 5) is 11.1. The summed E-state index contributed by atoms with van der Waals surface area (Å²) >= 11 is 0. The zero-order valence-electron chi connectivity index (χ0n) is 11.3. The Morgan fingerprint density at radius 3 is 2.95 bits per heavy atom. The minimum atomic E-state index is -1.01. The van der Waals surface area contributed by atoms with Gasteiger partial charge in [0, 0.05) is 19.6 Å². The van der Waals surface area contributed by atoms with Crippen LogP contribution in [0, 0.1) is 5.82 Å². The van der Waals surface area contributed by atoms with E-state index >= 15 is 0 Å². The van der Waals surface area contributed by atoms with Crippen molar-refractivity contribution < 1.29 is 14.3 Å². The van der Waals surface area contributed by atoms with Crippen molar-refractivity contribution in [3.05, 3.63) is 53.1 Å². The lowest BCUT2D eigenvalue weighted by atomic mass is 10.1. The highest BCUT2D eigenvalue weighted by atomic mass is 19.1. The molecule has 2 N–H and O–H groups in total. The Kier molecular flexibility index (Phi) is 4.14. The molecular formula is C14H16FN3O2. The summed E-state index contributed by atoms with van der Waals surface area (Å²) in [5.74, 6) is -1.30. The highest BCUT2D eigenvalue weighted by Gasteiger charge is 2.15. The summed E-state index contributed by atoms with van der Waals surface area (Å²) in [5.41, 5.74) is 1.57. The second kappa shape index (κ2) is 5.83. The molecule has 0 bridgehead atoms. The van der Waals surface area contributed by atoms with Gasteiger partial charge in [-0.25, -0.2) is 9.18 Å². The van der Waals surface area contributed by atoms with E-state index in [-0.39, 0.29) is 17.4 Å². The molecule has 6 heteroatoms. The number of carboxylic acid groups (broad SMARTS) is 1. The number of halogens is 1. The van der Waals surface area contributed by atoms with Crippen LogP contribution in [0.1, 0.15) is 34.6 Å². The SMILES string of the molecule is C[C@H](NCc1c(C(=O)O)cnn1C)c1cccc(F)c1. The van der Waals surface area contributed by atoms with Crippen LogP contribution in [0.2, 0.25) is 0 Å². The summed E-state index contributed by atoms with van der Waals surface area (Å²) in [6, 6.07) is 6.22. The van der Waals surface area contributed by atoms with Crippen molar-refractivity contribution in [2.24, 2.45) is 7.05 Å². The number of hydrogen-bond donors (Lipinski definition) is 2. The van der Waals surface area contributed by atoms with E-state index in [1.54, 1.807) is 13.1 Å². The first-order chi connectivity index (χ1) is 9.49. The molecule has 20 heavy (non-hydrogen) atoms. The van der Waals surface area contributed by atoms with Crippen molar-refractivity contribution in [3.63, 3.8) is 0 Å². The molecule has 0 fully saturated rings. The van der Waals surface area contributed by atoms with Crippen molar-refractivity contribution in [1.29, 1.82) is 0 Å². The van der Waals surface area contributed by atoms with Gasteiger partial charge in [0.05, 0.1) is 11.9 Å². The first-order valence-electron chi connectivity index (χ1n) is 6.22. The Balaban J connectivity index is 2.09. The van der Waals surface area contributed by atoms with E-state index in [0.717, 1.165) is 5.56 Å². The van der Waals surface area contributed by atoms with Gasteiger partial charge in [-0.05, 0) is 24.6 Å². The molecule has 0 saturated carbocycles. The number of hydrogen-bond acceptors (Lipinski definition) is 3. The zero-order chi connectivity index (χ0) is 14.7. The van der Waals surface area contributed by atoms with Crippen LogP contribution in [0.25, 0.3) is 0 Å². The number of aromatic nitrogens is 2. The number of rotatable bonds is 5. The van der Waals surface area contributed by atoms with Crippen LogP contribution in [0.3, 0.4) is 0 Å². The molecule has 106 valence electrons. The molecule has 0 unspecified atom stereocenters. The van der Waals surface area contributed by atoms with Crippen LogP contribution < -0.4 is 5.32 Å². The van der Waals surface area contributed by atoms with Gasteiger partial charge >= 0.3 is 5.97 Å². The van der Waals surface area contributed by atoms with Crippen LogP contribution in [0.4, 0.5) is 4.39 Å². The Bertz CT molecular complexity index is 625. The maximum atomic E-state index is 13.2. The number of nitrogens with one attached hydrogen (secondary N) is 1. The van der Waals surface area contributed by atoms with Crippen molar-refractivity contribution in [2.75, 3.05) is 0 Å². The highest BCUT2D eigenvalue weighted by molar-refractivity contribution is 5.88.